The summed E-state index contributed by atoms with van der Waals surface area (Å²) in [7, 11) is 0. The molecule has 1 heterocycles. The van der Waals surface area contributed by atoms with Gasteiger partial charge in [-0.25, -0.2) is 0 Å². The first-order chi connectivity index (χ1) is 12.4. The normalized spacial score (nSPS) is 19.7. The Hall–Kier alpha value is -2.37. The van der Waals surface area contributed by atoms with Crippen molar-refractivity contribution in [1.82, 2.24) is 4.90 Å². The first kappa shape index (κ1) is 18.4. The number of nitrogens with two attached hydrogens (primary N) is 1. The van der Waals surface area contributed by atoms with E-state index in [1.807, 2.05) is 54.6 Å². The van der Waals surface area contributed by atoms with Gasteiger partial charge in [0.2, 0.25) is 5.91 Å². The molecule has 0 spiro atoms. The standard InChI is InChI=1S/C21H27N3O2/c1-21(2)15-24(12-11-19(21)22)14-20(25)23-16-7-6-10-18(13-16)26-17-8-4-3-5-9-17/h3-10,13,19H,11-12,14-15,22H2,1-2H3,(H,23,25). The Bertz CT molecular complexity index is 746. The Kier molecular flexibility index (Phi) is 5.59. The molecule has 138 valence electrons. The minimum Gasteiger partial charge on any atom is -0.457 e. The van der Waals surface area contributed by atoms with E-state index in [9.17, 15) is 4.79 Å². The third-order valence-electron chi connectivity index (χ3n) is 4.86. The molecule has 1 aliphatic rings. The van der Waals surface area contributed by atoms with E-state index in [0.717, 1.165) is 30.9 Å². The van der Waals surface area contributed by atoms with Crippen LogP contribution in [0.5, 0.6) is 11.5 Å². The maximum atomic E-state index is 12.4. The van der Waals surface area contributed by atoms with Crippen molar-refractivity contribution in [2.45, 2.75) is 26.3 Å². The highest BCUT2D eigenvalue weighted by molar-refractivity contribution is 5.92. The van der Waals surface area contributed by atoms with Crippen LogP contribution in [0.15, 0.2) is 54.6 Å². The van der Waals surface area contributed by atoms with Crippen LogP contribution in [0.3, 0.4) is 0 Å². The Morgan fingerprint density at radius 1 is 1.19 bits per heavy atom. The van der Waals surface area contributed by atoms with Crippen LogP contribution in [-0.2, 0) is 4.79 Å². The predicted molar refractivity (Wildman–Crippen MR) is 104 cm³/mol. The van der Waals surface area contributed by atoms with Crippen molar-refractivity contribution in [1.29, 1.82) is 0 Å². The number of benzene rings is 2. The third-order valence-corrected chi connectivity index (χ3v) is 4.86. The Morgan fingerprint density at radius 3 is 2.65 bits per heavy atom. The Morgan fingerprint density at radius 2 is 1.92 bits per heavy atom. The zero-order valence-corrected chi connectivity index (χ0v) is 15.4. The lowest BCUT2D eigenvalue weighted by Crippen LogP contribution is -2.53. The van der Waals surface area contributed by atoms with Crippen molar-refractivity contribution >= 4 is 11.6 Å². The van der Waals surface area contributed by atoms with Gasteiger partial charge in [0.15, 0.2) is 0 Å². The molecule has 2 aromatic carbocycles. The number of carbonyl (C=O) groups is 1. The van der Waals surface area contributed by atoms with Gasteiger partial charge in [0.05, 0.1) is 6.54 Å². The maximum Gasteiger partial charge on any atom is 0.238 e. The fourth-order valence-corrected chi connectivity index (χ4v) is 3.29. The summed E-state index contributed by atoms with van der Waals surface area (Å²) in [6.07, 6.45) is 0.917. The Labute approximate surface area is 155 Å². The second-order valence-electron chi connectivity index (χ2n) is 7.59. The van der Waals surface area contributed by atoms with Gasteiger partial charge in [0, 0.05) is 30.9 Å². The summed E-state index contributed by atoms with van der Waals surface area (Å²) in [5.41, 5.74) is 6.93. The number of anilines is 1. The van der Waals surface area contributed by atoms with Crippen LogP contribution in [0.2, 0.25) is 0 Å². The van der Waals surface area contributed by atoms with E-state index in [-0.39, 0.29) is 17.4 Å². The van der Waals surface area contributed by atoms with Gasteiger partial charge in [-0.05, 0) is 36.1 Å². The fourth-order valence-electron chi connectivity index (χ4n) is 3.29. The van der Waals surface area contributed by atoms with Gasteiger partial charge in [-0.15, -0.1) is 0 Å². The largest absolute Gasteiger partial charge is 0.457 e. The van der Waals surface area contributed by atoms with Gasteiger partial charge >= 0.3 is 0 Å². The van der Waals surface area contributed by atoms with Crippen LogP contribution in [0, 0.1) is 5.41 Å². The van der Waals surface area contributed by atoms with E-state index in [1.54, 1.807) is 0 Å². The molecule has 0 aromatic heterocycles. The average Bonchev–Trinajstić information content (AvgIpc) is 2.59. The van der Waals surface area contributed by atoms with Crippen molar-refractivity contribution in [2.75, 3.05) is 25.0 Å². The van der Waals surface area contributed by atoms with Gasteiger partial charge < -0.3 is 15.8 Å². The molecule has 3 N–H and O–H groups in total. The predicted octanol–water partition coefficient (Wildman–Crippen LogP) is 3.48. The molecule has 1 atom stereocenters. The number of piperidine rings is 1. The molecular formula is C21H27N3O2. The summed E-state index contributed by atoms with van der Waals surface area (Å²) in [5, 5.41) is 2.96. The number of carbonyl (C=O) groups excluding carboxylic acids is 1. The van der Waals surface area contributed by atoms with Gasteiger partial charge in [-0.3, -0.25) is 9.69 Å². The van der Waals surface area contributed by atoms with Gasteiger partial charge in [0.25, 0.3) is 0 Å². The Balaban J connectivity index is 1.57. The topological polar surface area (TPSA) is 67.6 Å². The summed E-state index contributed by atoms with van der Waals surface area (Å²) in [4.78, 5) is 14.6. The molecule has 3 rings (SSSR count). The van der Waals surface area contributed by atoms with Crippen molar-refractivity contribution in [3.05, 3.63) is 54.6 Å². The van der Waals surface area contributed by atoms with Crippen molar-refractivity contribution in [3.8, 4) is 11.5 Å². The minimum atomic E-state index is -0.0202. The van der Waals surface area contributed by atoms with Crippen LogP contribution >= 0.6 is 0 Å². The molecule has 1 unspecified atom stereocenters. The van der Waals surface area contributed by atoms with Gasteiger partial charge in [-0.1, -0.05) is 38.1 Å². The SMILES string of the molecule is CC1(C)CN(CC(=O)Nc2cccc(Oc3ccccc3)c2)CCC1N. The highest BCUT2D eigenvalue weighted by Gasteiger charge is 2.33. The number of rotatable bonds is 5. The second-order valence-corrected chi connectivity index (χ2v) is 7.59. The van der Waals surface area contributed by atoms with Gasteiger partial charge in [-0.2, -0.15) is 0 Å². The summed E-state index contributed by atoms with van der Waals surface area (Å²) in [6, 6.07) is 17.2. The zero-order valence-electron chi connectivity index (χ0n) is 15.4. The lowest BCUT2D eigenvalue weighted by Gasteiger charge is -2.42. The smallest absolute Gasteiger partial charge is 0.238 e. The molecule has 1 amide bonds. The highest BCUT2D eigenvalue weighted by atomic mass is 16.5. The minimum absolute atomic E-state index is 0.0202. The fraction of sp³-hybridized carbons (Fsp3) is 0.381. The second kappa shape index (κ2) is 7.89. The number of amides is 1. The molecule has 1 fully saturated rings. The number of nitrogens with zero attached hydrogens (tertiary/aromatic N) is 1. The number of hydrogen-bond acceptors (Lipinski definition) is 4. The summed E-state index contributed by atoms with van der Waals surface area (Å²) in [5.74, 6) is 1.44. The van der Waals surface area contributed by atoms with Crippen molar-refractivity contribution in [2.24, 2.45) is 11.1 Å². The van der Waals surface area contributed by atoms with Crippen LogP contribution < -0.4 is 15.8 Å². The molecule has 0 bridgehead atoms. The number of hydrogen-bond donors (Lipinski definition) is 2. The van der Waals surface area contributed by atoms with Crippen LogP contribution in [0.25, 0.3) is 0 Å². The first-order valence-corrected chi connectivity index (χ1v) is 9.03. The maximum absolute atomic E-state index is 12.4. The third kappa shape index (κ3) is 4.84. The van der Waals surface area contributed by atoms with Gasteiger partial charge in [0.1, 0.15) is 11.5 Å². The monoisotopic (exact) mass is 353 g/mol. The molecule has 0 aliphatic carbocycles. The van der Waals surface area contributed by atoms with E-state index >= 15 is 0 Å². The summed E-state index contributed by atoms with van der Waals surface area (Å²) < 4.78 is 5.81. The van der Waals surface area contributed by atoms with Crippen molar-refractivity contribution in [3.63, 3.8) is 0 Å². The summed E-state index contributed by atoms with van der Waals surface area (Å²) >= 11 is 0. The van der Waals surface area contributed by atoms with Crippen LogP contribution in [-0.4, -0.2) is 36.5 Å². The van der Waals surface area contributed by atoms with Crippen molar-refractivity contribution < 1.29 is 9.53 Å². The van der Waals surface area contributed by atoms with Crippen LogP contribution in [0.1, 0.15) is 20.3 Å². The lowest BCUT2D eigenvalue weighted by molar-refractivity contribution is -0.118. The van der Waals surface area contributed by atoms with Crippen LogP contribution in [0.4, 0.5) is 5.69 Å². The first-order valence-electron chi connectivity index (χ1n) is 9.03. The average molecular weight is 353 g/mol. The zero-order chi connectivity index (χ0) is 18.6. The van der Waals surface area contributed by atoms with E-state index in [4.69, 9.17) is 10.5 Å². The summed E-state index contributed by atoms with van der Waals surface area (Å²) in [6.45, 7) is 6.38. The molecule has 1 aliphatic heterocycles. The molecule has 26 heavy (non-hydrogen) atoms. The molecule has 5 nitrogen and oxygen atoms in total. The molecule has 2 aromatic rings. The molecular weight excluding hydrogens is 326 g/mol. The number of para-hydroxylation sites is 1. The number of ether oxygens (including phenoxy) is 1. The van der Waals surface area contributed by atoms with E-state index in [2.05, 4.69) is 24.1 Å². The molecule has 5 heteroatoms. The quantitative estimate of drug-likeness (QED) is 0.864. The highest BCUT2D eigenvalue weighted by Crippen LogP contribution is 2.28. The number of likely N-dealkylation sites (tertiary alicyclic amines) is 1. The lowest BCUT2D eigenvalue weighted by atomic mass is 9.80. The van der Waals surface area contributed by atoms with E-state index in [0.29, 0.717) is 12.3 Å². The molecule has 1 saturated heterocycles. The van der Waals surface area contributed by atoms with E-state index in [1.165, 1.54) is 0 Å². The number of nitrogens with one attached hydrogen (secondary N) is 1. The molecule has 0 saturated carbocycles. The van der Waals surface area contributed by atoms with E-state index < -0.39 is 0 Å². The molecule has 0 radical (unpaired) electrons.